The third kappa shape index (κ3) is 5.78. The number of aromatic nitrogens is 1. The van der Waals surface area contributed by atoms with Crippen molar-refractivity contribution in [3.8, 4) is 0 Å². The summed E-state index contributed by atoms with van der Waals surface area (Å²) in [6.45, 7) is 1.53. The van der Waals surface area contributed by atoms with Crippen molar-refractivity contribution in [1.29, 1.82) is 0 Å². The van der Waals surface area contributed by atoms with Crippen LogP contribution < -0.4 is 11.1 Å². The number of hydrogen-bond donors (Lipinski definition) is 2. The number of nitrogens with zero attached hydrogens (tertiary/aromatic N) is 2. The van der Waals surface area contributed by atoms with E-state index in [0.717, 1.165) is 29.7 Å². The van der Waals surface area contributed by atoms with Gasteiger partial charge in [-0.05, 0) is 67.6 Å². The average molecular weight is 415 g/mol. The van der Waals surface area contributed by atoms with Crippen LogP contribution in [0.15, 0.2) is 42.6 Å². The second-order valence-corrected chi connectivity index (χ2v) is 7.67. The molecule has 0 unspecified atom stereocenters. The lowest BCUT2D eigenvalue weighted by Crippen LogP contribution is -2.45. The van der Waals surface area contributed by atoms with Crippen molar-refractivity contribution in [3.63, 3.8) is 0 Å². The van der Waals surface area contributed by atoms with Gasteiger partial charge in [-0.15, -0.1) is 0 Å². The molecule has 0 saturated carbocycles. The van der Waals surface area contributed by atoms with E-state index in [2.05, 4.69) is 10.3 Å². The van der Waals surface area contributed by atoms with Gasteiger partial charge < -0.3 is 16.0 Å². The summed E-state index contributed by atoms with van der Waals surface area (Å²) in [5.74, 6) is -0.118. The van der Waals surface area contributed by atoms with Gasteiger partial charge in [0.1, 0.15) is 6.04 Å². The van der Waals surface area contributed by atoms with Gasteiger partial charge in [0, 0.05) is 36.4 Å². The number of rotatable bonds is 8. The van der Waals surface area contributed by atoms with E-state index in [4.69, 9.17) is 17.3 Å². The maximum absolute atomic E-state index is 12.8. The molecule has 1 aliphatic heterocycles. The van der Waals surface area contributed by atoms with Crippen LogP contribution in [0.3, 0.4) is 0 Å². The fourth-order valence-corrected chi connectivity index (χ4v) is 3.92. The lowest BCUT2D eigenvalue weighted by Gasteiger charge is -2.24. The second kappa shape index (κ2) is 10.4. The highest BCUT2D eigenvalue weighted by atomic mass is 35.5. The predicted molar refractivity (Wildman–Crippen MR) is 113 cm³/mol. The quantitative estimate of drug-likeness (QED) is 0.694. The van der Waals surface area contributed by atoms with Gasteiger partial charge >= 0.3 is 0 Å². The Labute approximate surface area is 176 Å². The average Bonchev–Trinajstić information content (AvgIpc) is 3.23. The van der Waals surface area contributed by atoms with Crippen LogP contribution in [0, 0.1) is 0 Å². The Morgan fingerprint density at radius 3 is 2.83 bits per heavy atom. The minimum atomic E-state index is -0.414. The van der Waals surface area contributed by atoms with Crippen LogP contribution in [0.1, 0.15) is 36.1 Å². The van der Waals surface area contributed by atoms with Crippen molar-refractivity contribution in [2.75, 3.05) is 13.1 Å². The minimum absolute atomic E-state index is 0.000112. The summed E-state index contributed by atoms with van der Waals surface area (Å²) >= 11 is 6.11. The molecule has 1 atom stereocenters. The van der Waals surface area contributed by atoms with E-state index < -0.39 is 6.04 Å². The summed E-state index contributed by atoms with van der Waals surface area (Å²) in [6, 6.07) is 10.9. The van der Waals surface area contributed by atoms with E-state index in [1.165, 1.54) is 0 Å². The van der Waals surface area contributed by atoms with Crippen LogP contribution >= 0.6 is 11.6 Å². The van der Waals surface area contributed by atoms with Crippen LogP contribution in [0.4, 0.5) is 0 Å². The smallest absolute Gasteiger partial charge is 0.243 e. The Bertz CT molecular complexity index is 844. The predicted octanol–water partition coefficient (Wildman–Crippen LogP) is 2.48. The van der Waals surface area contributed by atoms with Crippen LogP contribution in [0.25, 0.3) is 0 Å². The number of amides is 2. The Morgan fingerprint density at radius 1 is 1.21 bits per heavy atom. The van der Waals surface area contributed by atoms with E-state index in [1.807, 2.05) is 36.4 Å². The topological polar surface area (TPSA) is 88.3 Å². The molecule has 1 aliphatic rings. The van der Waals surface area contributed by atoms with Crippen molar-refractivity contribution >= 4 is 23.4 Å². The Balaban J connectivity index is 1.57. The first kappa shape index (κ1) is 21.3. The molecule has 7 heteroatoms. The fraction of sp³-hybridized carbons (Fsp3) is 0.409. The standard InChI is InChI=1S/C22H27ClN4O2/c23-18-7-6-16(10-11-24)17(14-18)15-26-22(29)20-5-3-13-27(20)21(28)9-8-19-4-1-2-12-25-19/h1-2,4,6-7,12,14,20H,3,5,8-11,13,15,24H2,(H,26,29)/t20-/m0/s1. The van der Waals surface area contributed by atoms with E-state index >= 15 is 0 Å². The second-order valence-electron chi connectivity index (χ2n) is 7.24. The zero-order valence-electron chi connectivity index (χ0n) is 16.4. The Morgan fingerprint density at radius 2 is 2.07 bits per heavy atom. The molecular weight excluding hydrogens is 388 g/mol. The summed E-state index contributed by atoms with van der Waals surface area (Å²) in [7, 11) is 0. The van der Waals surface area contributed by atoms with Crippen LogP contribution in [-0.4, -0.2) is 40.8 Å². The van der Waals surface area contributed by atoms with E-state index in [0.29, 0.717) is 43.9 Å². The number of halogens is 1. The first-order chi connectivity index (χ1) is 14.1. The van der Waals surface area contributed by atoms with Gasteiger partial charge in [-0.1, -0.05) is 23.7 Å². The van der Waals surface area contributed by atoms with Crippen molar-refractivity contribution < 1.29 is 9.59 Å². The number of likely N-dealkylation sites (tertiary alicyclic amines) is 1. The number of aryl methyl sites for hydroxylation is 1. The van der Waals surface area contributed by atoms with Crippen molar-refractivity contribution in [2.45, 2.75) is 44.7 Å². The number of nitrogens with one attached hydrogen (secondary N) is 1. The number of hydrogen-bond acceptors (Lipinski definition) is 4. The number of carbonyl (C=O) groups is 2. The molecule has 1 aromatic heterocycles. The first-order valence-corrected chi connectivity index (χ1v) is 10.4. The van der Waals surface area contributed by atoms with Gasteiger partial charge in [0.05, 0.1) is 0 Å². The molecule has 1 aromatic carbocycles. The monoisotopic (exact) mass is 414 g/mol. The molecule has 2 aromatic rings. The highest BCUT2D eigenvalue weighted by Crippen LogP contribution is 2.20. The first-order valence-electron chi connectivity index (χ1n) is 10.0. The molecule has 0 aliphatic carbocycles. The van der Waals surface area contributed by atoms with Gasteiger partial charge in [-0.25, -0.2) is 0 Å². The number of pyridine rings is 1. The number of nitrogens with two attached hydrogens (primary N) is 1. The van der Waals surface area contributed by atoms with Crippen molar-refractivity contribution in [2.24, 2.45) is 5.73 Å². The molecule has 0 bridgehead atoms. The summed E-state index contributed by atoms with van der Waals surface area (Å²) in [4.78, 5) is 31.4. The van der Waals surface area contributed by atoms with E-state index in [9.17, 15) is 9.59 Å². The summed E-state index contributed by atoms with van der Waals surface area (Å²) in [5.41, 5.74) is 8.60. The normalized spacial score (nSPS) is 16.1. The van der Waals surface area contributed by atoms with Gasteiger partial charge in [-0.2, -0.15) is 0 Å². The third-order valence-corrected chi connectivity index (χ3v) is 5.47. The maximum atomic E-state index is 12.8. The Hall–Kier alpha value is -2.44. The molecule has 3 rings (SSSR count). The molecule has 1 saturated heterocycles. The summed E-state index contributed by atoms with van der Waals surface area (Å²) < 4.78 is 0. The zero-order chi connectivity index (χ0) is 20.6. The molecule has 3 N–H and O–H groups in total. The molecule has 2 amide bonds. The summed E-state index contributed by atoms with van der Waals surface area (Å²) in [5, 5.41) is 3.61. The largest absolute Gasteiger partial charge is 0.350 e. The Kier molecular flexibility index (Phi) is 7.61. The fourth-order valence-electron chi connectivity index (χ4n) is 3.72. The van der Waals surface area contributed by atoms with E-state index in [-0.39, 0.29) is 11.8 Å². The molecule has 154 valence electrons. The zero-order valence-corrected chi connectivity index (χ0v) is 17.2. The molecule has 0 spiro atoms. The molecule has 2 heterocycles. The van der Waals surface area contributed by atoms with Gasteiger partial charge in [0.25, 0.3) is 0 Å². The van der Waals surface area contributed by atoms with Crippen LogP contribution in [0.2, 0.25) is 5.02 Å². The molecule has 29 heavy (non-hydrogen) atoms. The minimum Gasteiger partial charge on any atom is -0.350 e. The SMILES string of the molecule is NCCc1ccc(Cl)cc1CNC(=O)[C@@H]1CCCN1C(=O)CCc1ccccn1. The highest BCUT2D eigenvalue weighted by Gasteiger charge is 2.33. The van der Waals surface area contributed by atoms with Gasteiger partial charge in [-0.3, -0.25) is 14.6 Å². The van der Waals surface area contributed by atoms with Crippen LogP contribution in [-0.2, 0) is 29.0 Å². The third-order valence-electron chi connectivity index (χ3n) is 5.23. The number of benzene rings is 1. The van der Waals surface area contributed by atoms with Crippen molar-refractivity contribution in [3.05, 3.63) is 64.4 Å². The molecule has 1 fully saturated rings. The molecule has 0 radical (unpaired) electrons. The van der Waals surface area contributed by atoms with Gasteiger partial charge in [0.2, 0.25) is 11.8 Å². The van der Waals surface area contributed by atoms with E-state index in [1.54, 1.807) is 11.1 Å². The lowest BCUT2D eigenvalue weighted by atomic mass is 10.0. The molecular formula is C22H27ClN4O2. The van der Waals surface area contributed by atoms with Crippen LogP contribution in [0.5, 0.6) is 0 Å². The lowest BCUT2D eigenvalue weighted by molar-refractivity contribution is -0.138. The van der Waals surface area contributed by atoms with Crippen molar-refractivity contribution in [1.82, 2.24) is 15.2 Å². The summed E-state index contributed by atoms with van der Waals surface area (Å²) in [6.07, 6.45) is 4.91. The number of carbonyl (C=O) groups excluding carboxylic acids is 2. The van der Waals surface area contributed by atoms with Gasteiger partial charge in [0.15, 0.2) is 0 Å². The molecule has 6 nitrogen and oxygen atoms in total. The maximum Gasteiger partial charge on any atom is 0.243 e. The highest BCUT2D eigenvalue weighted by molar-refractivity contribution is 6.30.